The van der Waals surface area contributed by atoms with Crippen molar-refractivity contribution in [3.8, 4) is 11.3 Å². The van der Waals surface area contributed by atoms with Gasteiger partial charge in [-0.25, -0.2) is 13.9 Å². The number of hydrogen-bond donors (Lipinski definition) is 2. The fourth-order valence-corrected chi connectivity index (χ4v) is 4.07. The van der Waals surface area contributed by atoms with Crippen LogP contribution in [0.3, 0.4) is 0 Å². The zero-order chi connectivity index (χ0) is 20.7. The summed E-state index contributed by atoms with van der Waals surface area (Å²) in [4.78, 5) is 4.49. The van der Waals surface area contributed by atoms with E-state index in [0.29, 0.717) is 11.7 Å². The molecule has 0 saturated heterocycles. The van der Waals surface area contributed by atoms with E-state index in [0.717, 1.165) is 35.3 Å². The minimum atomic E-state index is -0.243. The van der Waals surface area contributed by atoms with Gasteiger partial charge >= 0.3 is 0 Å². The van der Waals surface area contributed by atoms with E-state index in [9.17, 15) is 4.39 Å². The number of fused-ring (bicyclic) bond motifs is 1. The molecule has 2 aromatic carbocycles. The molecule has 3 N–H and O–H groups in total. The van der Waals surface area contributed by atoms with Gasteiger partial charge in [0.25, 0.3) is 0 Å². The van der Waals surface area contributed by atoms with Gasteiger partial charge in [0.15, 0.2) is 5.65 Å². The number of anilines is 1. The number of aromatic nitrogens is 3. The number of benzene rings is 2. The Morgan fingerprint density at radius 2 is 1.93 bits per heavy atom. The van der Waals surface area contributed by atoms with Crippen LogP contribution in [0, 0.1) is 5.82 Å². The van der Waals surface area contributed by atoms with Crippen LogP contribution < -0.4 is 11.1 Å². The molecule has 2 heterocycles. The maximum Gasteiger partial charge on any atom is 0.154 e. The summed E-state index contributed by atoms with van der Waals surface area (Å²) in [6, 6.07) is 19.2. The minimum absolute atomic E-state index is 0.0800. The molecule has 152 valence electrons. The van der Waals surface area contributed by atoms with Gasteiger partial charge in [-0.3, -0.25) is 0 Å². The third-order valence-electron chi connectivity index (χ3n) is 6.04. The molecule has 0 unspecified atom stereocenters. The third-order valence-corrected chi connectivity index (χ3v) is 6.04. The van der Waals surface area contributed by atoms with Crippen LogP contribution in [0.25, 0.3) is 16.9 Å². The van der Waals surface area contributed by atoms with E-state index in [1.54, 1.807) is 6.07 Å². The van der Waals surface area contributed by atoms with Crippen molar-refractivity contribution in [2.75, 3.05) is 5.32 Å². The standard InChI is InChI=1S/C24H24FN5/c1-15(18-3-2-4-19(25)13-18)28-23-11-12-24-27-14-22(30(24)29-23)17-7-5-16(6-8-17)20-9-10-21(20)26/h2-8,11-15,20-21H,9-10,26H2,1H3,(H,28,29)/t15-,20-,21+/m1/s1. The van der Waals surface area contributed by atoms with Crippen molar-refractivity contribution < 1.29 is 4.39 Å². The van der Waals surface area contributed by atoms with Gasteiger partial charge in [0.1, 0.15) is 11.6 Å². The van der Waals surface area contributed by atoms with E-state index < -0.39 is 0 Å². The molecule has 0 aliphatic heterocycles. The van der Waals surface area contributed by atoms with Gasteiger partial charge in [0.2, 0.25) is 0 Å². The molecule has 0 spiro atoms. The Labute approximate surface area is 174 Å². The van der Waals surface area contributed by atoms with Crippen LogP contribution in [0.5, 0.6) is 0 Å². The highest BCUT2D eigenvalue weighted by molar-refractivity contribution is 5.64. The normalized spacial score (nSPS) is 19.4. The van der Waals surface area contributed by atoms with Crippen molar-refractivity contribution in [2.24, 2.45) is 5.73 Å². The fourth-order valence-electron chi connectivity index (χ4n) is 4.07. The predicted octanol–water partition coefficient (Wildman–Crippen LogP) is 4.91. The maximum atomic E-state index is 13.5. The summed E-state index contributed by atoms with van der Waals surface area (Å²) in [5.41, 5.74) is 11.0. The van der Waals surface area contributed by atoms with Gasteiger partial charge in [-0.15, -0.1) is 5.10 Å². The first-order chi connectivity index (χ1) is 14.6. The number of nitrogens with two attached hydrogens (primary N) is 1. The summed E-state index contributed by atoms with van der Waals surface area (Å²) in [6.45, 7) is 1.99. The first-order valence-corrected chi connectivity index (χ1v) is 10.3. The predicted molar refractivity (Wildman–Crippen MR) is 117 cm³/mol. The van der Waals surface area contributed by atoms with E-state index in [-0.39, 0.29) is 17.9 Å². The van der Waals surface area contributed by atoms with Crippen molar-refractivity contribution in [3.05, 3.63) is 83.8 Å². The molecule has 0 radical (unpaired) electrons. The zero-order valence-corrected chi connectivity index (χ0v) is 16.8. The SMILES string of the molecule is C[C@@H](Nc1ccc2ncc(-c3ccc([C@H]4CC[C@@H]4N)cc3)n2n1)c1cccc(F)c1. The molecule has 1 aliphatic rings. The highest BCUT2D eigenvalue weighted by Crippen LogP contribution is 2.36. The number of rotatable bonds is 5. The Kier molecular flexibility index (Phi) is 4.71. The second-order valence-electron chi connectivity index (χ2n) is 8.02. The summed E-state index contributed by atoms with van der Waals surface area (Å²) < 4.78 is 15.4. The number of nitrogens with zero attached hydrogens (tertiary/aromatic N) is 3. The van der Waals surface area contributed by atoms with Gasteiger partial charge in [0.05, 0.1) is 17.9 Å². The van der Waals surface area contributed by atoms with Crippen LogP contribution in [-0.2, 0) is 0 Å². The van der Waals surface area contributed by atoms with Gasteiger partial charge in [0, 0.05) is 11.6 Å². The molecular formula is C24H24FN5. The lowest BCUT2D eigenvalue weighted by molar-refractivity contribution is 0.347. The summed E-state index contributed by atoms with van der Waals surface area (Å²) in [7, 11) is 0. The molecule has 0 bridgehead atoms. The fraction of sp³-hybridized carbons (Fsp3) is 0.250. The van der Waals surface area contributed by atoms with Crippen molar-refractivity contribution in [2.45, 2.75) is 37.8 Å². The van der Waals surface area contributed by atoms with E-state index >= 15 is 0 Å². The number of imidazole rings is 1. The van der Waals surface area contributed by atoms with Gasteiger partial charge in [-0.2, -0.15) is 0 Å². The Bertz CT molecular complexity index is 1180. The van der Waals surface area contributed by atoms with Crippen molar-refractivity contribution in [1.82, 2.24) is 14.6 Å². The highest BCUT2D eigenvalue weighted by Gasteiger charge is 2.28. The lowest BCUT2D eigenvalue weighted by Gasteiger charge is -2.34. The Balaban J connectivity index is 1.42. The summed E-state index contributed by atoms with van der Waals surface area (Å²) in [6.07, 6.45) is 4.11. The number of hydrogen-bond acceptors (Lipinski definition) is 4. The van der Waals surface area contributed by atoms with Crippen LogP contribution in [0.15, 0.2) is 66.9 Å². The van der Waals surface area contributed by atoms with Crippen LogP contribution in [-0.4, -0.2) is 20.6 Å². The lowest BCUT2D eigenvalue weighted by Crippen LogP contribution is -2.37. The third kappa shape index (κ3) is 3.44. The van der Waals surface area contributed by atoms with E-state index in [1.807, 2.05) is 35.8 Å². The average molecular weight is 401 g/mol. The molecular weight excluding hydrogens is 377 g/mol. The highest BCUT2D eigenvalue weighted by atomic mass is 19.1. The van der Waals surface area contributed by atoms with Crippen LogP contribution >= 0.6 is 0 Å². The Hall–Kier alpha value is -3.25. The molecule has 1 fully saturated rings. The van der Waals surface area contributed by atoms with Crippen LogP contribution in [0.1, 0.15) is 42.9 Å². The molecule has 3 atom stereocenters. The Morgan fingerprint density at radius 3 is 2.63 bits per heavy atom. The molecule has 0 amide bonds. The molecule has 30 heavy (non-hydrogen) atoms. The monoisotopic (exact) mass is 401 g/mol. The van der Waals surface area contributed by atoms with Crippen molar-refractivity contribution >= 4 is 11.5 Å². The summed E-state index contributed by atoms with van der Waals surface area (Å²) in [5, 5.41) is 8.08. The first-order valence-electron chi connectivity index (χ1n) is 10.3. The summed E-state index contributed by atoms with van der Waals surface area (Å²) >= 11 is 0. The Morgan fingerprint density at radius 1 is 1.10 bits per heavy atom. The van der Waals surface area contributed by atoms with Crippen LogP contribution in [0.4, 0.5) is 10.2 Å². The van der Waals surface area contributed by atoms with E-state index in [4.69, 9.17) is 10.8 Å². The summed E-state index contributed by atoms with van der Waals surface area (Å²) in [5.74, 6) is 0.933. The second-order valence-corrected chi connectivity index (χ2v) is 8.02. The van der Waals surface area contributed by atoms with Gasteiger partial charge in [-0.05, 0) is 61.1 Å². The molecule has 6 heteroatoms. The quantitative estimate of drug-likeness (QED) is 0.498. The lowest BCUT2D eigenvalue weighted by atomic mass is 9.75. The van der Waals surface area contributed by atoms with E-state index in [1.165, 1.54) is 17.7 Å². The molecule has 5 nitrogen and oxygen atoms in total. The maximum absolute atomic E-state index is 13.5. The van der Waals surface area contributed by atoms with Crippen molar-refractivity contribution in [3.63, 3.8) is 0 Å². The number of nitrogens with one attached hydrogen (secondary N) is 1. The van der Waals surface area contributed by atoms with Crippen molar-refractivity contribution in [1.29, 1.82) is 0 Å². The van der Waals surface area contributed by atoms with E-state index in [2.05, 4.69) is 34.6 Å². The van der Waals surface area contributed by atoms with Gasteiger partial charge in [-0.1, -0.05) is 36.4 Å². The second kappa shape index (κ2) is 7.54. The largest absolute Gasteiger partial charge is 0.362 e. The number of halogens is 1. The molecule has 2 aromatic heterocycles. The topological polar surface area (TPSA) is 68.2 Å². The molecule has 5 rings (SSSR count). The molecule has 4 aromatic rings. The minimum Gasteiger partial charge on any atom is -0.362 e. The zero-order valence-electron chi connectivity index (χ0n) is 16.8. The molecule has 1 saturated carbocycles. The van der Waals surface area contributed by atoms with Gasteiger partial charge < -0.3 is 11.1 Å². The molecule has 1 aliphatic carbocycles. The average Bonchev–Trinajstić information content (AvgIpc) is 3.16. The smallest absolute Gasteiger partial charge is 0.154 e. The first kappa shape index (κ1) is 18.8. The van der Waals surface area contributed by atoms with Crippen LogP contribution in [0.2, 0.25) is 0 Å².